The lowest BCUT2D eigenvalue weighted by Gasteiger charge is -2.19. The van der Waals surface area contributed by atoms with Crippen LogP contribution in [0.25, 0.3) is 0 Å². The van der Waals surface area contributed by atoms with Crippen LogP contribution in [-0.4, -0.2) is 18.6 Å². The molecule has 0 fully saturated rings. The highest BCUT2D eigenvalue weighted by Gasteiger charge is 2.15. The molecule has 0 spiro atoms. The van der Waals surface area contributed by atoms with Crippen molar-refractivity contribution < 1.29 is 9.53 Å². The van der Waals surface area contributed by atoms with E-state index in [1.807, 2.05) is 18.2 Å². The minimum atomic E-state index is -0.105. The first kappa shape index (κ1) is 9.83. The molecule has 1 aromatic carbocycles. The molecule has 2 N–H and O–H groups in total. The molecule has 2 rings (SSSR count). The number of rotatable bonds is 2. The van der Waals surface area contributed by atoms with Crippen molar-refractivity contribution in [3.63, 3.8) is 0 Å². The Kier molecular flexibility index (Phi) is 2.49. The third-order valence-corrected chi connectivity index (χ3v) is 2.07. The molecule has 4 nitrogen and oxygen atoms in total. The summed E-state index contributed by atoms with van der Waals surface area (Å²) in [6.07, 6.45) is 0. The quantitative estimate of drug-likeness (QED) is 0.776. The van der Waals surface area contributed by atoms with E-state index in [9.17, 15) is 4.79 Å². The predicted octanol–water partition coefficient (Wildman–Crippen LogP) is 1.84. The summed E-state index contributed by atoms with van der Waals surface area (Å²) in [5, 5.41) is 6.02. The number of nitrogens with one attached hydrogen (secondary N) is 2. The normalized spacial score (nSPS) is 14.2. The molecule has 0 bridgehead atoms. The maximum atomic E-state index is 11.0. The van der Waals surface area contributed by atoms with Crippen LogP contribution in [0.2, 0.25) is 0 Å². The number of carbonyl (C=O) groups excluding carboxylic acids is 1. The van der Waals surface area contributed by atoms with E-state index in [2.05, 4.69) is 24.5 Å². The van der Waals surface area contributed by atoms with Gasteiger partial charge in [-0.05, 0) is 26.0 Å². The molecule has 4 heteroatoms. The Morgan fingerprint density at radius 2 is 2.27 bits per heavy atom. The molecule has 1 aliphatic rings. The first-order valence-electron chi connectivity index (χ1n) is 4.98. The van der Waals surface area contributed by atoms with E-state index in [1.54, 1.807) is 0 Å². The van der Waals surface area contributed by atoms with Crippen LogP contribution >= 0.6 is 0 Å². The fourth-order valence-corrected chi connectivity index (χ4v) is 1.50. The van der Waals surface area contributed by atoms with Gasteiger partial charge >= 0.3 is 0 Å². The van der Waals surface area contributed by atoms with Crippen LogP contribution in [0.4, 0.5) is 11.4 Å². The van der Waals surface area contributed by atoms with Crippen molar-refractivity contribution in [3.8, 4) is 5.75 Å². The molecule has 0 aliphatic carbocycles. The summed E-state index contributed by atoms with van der Waals surface area (Å²) in [5.74, 6) is 0.618. The van der Waals surface area contributed by atoms with E-state index < -0.39 is 0 Å². The van der Waals surface area contributed by atoms with Gasteiger partial charge in [0.15, 0.2) is 6.61 Å². The molecular weight excluding hydrogens is 192 g/mol. The van der Waals surface area contributed by atoms with Gasteiger partial charge in [0.25, 0.3) is 5.91 Å². The van der Waals surface area contributed by atoms with Gasteiger partial charge in [0.2, 0.25) is 0 Å². The van der Waals surface area contributed by atoms with Crippen LogP contribution in [0.5, 0.6) is 5.75 Å². The zero-order valence-electron chi connectivity index (χ0n) is 8.83. The molecular formula is C11H14N2O2. The van der Waals surface area contributed by atoms with E-state index in [0.29, 0.717) is 6.04 Å². The van der Waals surface area contributed by atoms with E-state index in [1.165, 1.54) is 0 Å². The number of benzene rings is 1. The first-order chi connectivity index (χ1) is 7.15. The number of carbonyl (C=O) groups is 1. The Bertz CT molecular complexity index is 388. The standard InChI is InChI=1S/C11H14N2O2/c1-7(2)12-8-3-4-9-10(5-8)15-6-11(14)13-9/h3-5,7,12H,6H2,1-2H3,(H,13,14). The Balaban J connectivity index is 2.23. The molecule has 1 heterocycles. The predicted molar refractivity (Wildman–Crippen MR) is 59.3 cm³/mol. The van der Waals surface area contributed by atoms with Gasteiger partial charge in [-0.25, -0.2) is 0 Å². The molecule has 0 aromatic heterocycles. The minimum Gasteiger partial charge on any atom is -0.482 e. The van der Waals surface area contributed by atoms with Gasteiger partial charge in [0.1, 0.15) is 5.75 Å². The van der Waals surface area contributed by atoms with Crippen LogP contribution in [0.15, 0.2) is 18.2 Å². The summed E-state index contributed by atoms with van der Waals surface area (Å²) < 4.78 is 5.31. The highest BCUT2D eigenvalue weighted by atomic mass is 16.5. The molecule has 0 unspecified atom stereocenters. The molecule has 0 saturated heterocycles. The number of hydrogen-bond acceptors (Lipinski definition) is 3. The Morgan fingerprint density at radius 1 is 1.47 bits per heavy atom. The highest BCUT2D eigenvalue weighted by Crippen LogP contribution is 2.30. The topological polar surface area (TPSA) is 50.4 Å². The van der Waals surface area contributed by atoms with E-state index in [-0.39, 0.29) is 12.5 Å². The van der Waals surface area contributed by atoms with Crippen molar-refractivity contribution in [2.24, 2.45) is 0 Å². The number of amides is 1. The maximum absolute atomic E-state index is 11.0. The lowest BCUT2D eigenvalue weighted by atomic mass is 10.2. The van der Waals surface area contributed by atoms with Gasteiger partial charge < -0.3 is 15.4 Å². The first-order valence-corrected chi connectivity index (χ1v) is 4.98. The summed E-state index contributed by atoms with van der Waals surface area (Å²) in [7, 11) is 0. The van der Waals surface area contributed by atoms with E-state index >= 15 is 0 Å². The van der Waals surface area contributed by atoms with Gasteiger partial charge in [-0.15, -0.1) is 0 Å². The van der Waals surface area contributed by atoms with Crippen molar-refractivity contribution in [1.82, 2.24) is 0 Å². The zero-order valence-corrected chi connectivity index (χ0v) is 8.83. The highest BCUT2D eigenvalue weighted by molar-refractivity contribution is 5.95. The molecule has 1 aromatic rings. The monoisotopic (exact) mass is 206 g/mol. The Hall–Kier alpha value is -1.71. The lowest BCUT2D eigenvalue weighted by Crippen LogP contribution is -2.25. The van der Waals surface area contributed by atoms with Crippen molar-refractivity contribution in [2.75, 3.05) is 17.2 Å². The summed E-state index contributed by atoms with van der Waals surface area (Å²) >= 11 is 0. The molecule has 0 saturated carbocycles. The fourth-order valence-electron chi connectivity index (χ4n) is 1.50. The van der Waals surface area contributed by atoms with Gasteiger partial charge in [0, 0.05) is 17.8 Å². The number of fused-ring (bicyclic) bond motifs is 1. The van der Waals surface area contributed by atoms with E-state index in [0.717, 1.165) is 17.1 Å². The zero-order chi connectivity index (χ0) is 10.8. The summed E-state index contributed by atoms with van der Waals surface area (Å²) in [6.45, 7) is 4.24. The minimum absolute atomic E-state index is 0.0954. The van der Waals surface area contributed by atoms with E-state index in [4.69, 9.17) is 4.74 Å². The largest absolute Gasteiger partial charge is 0.482 e. The Labute approximate surface area is 88.6 Å². The van der Waals surface area contributed by atoms with Crippen LogP contribution in [-0.2, 0) is 4.79 Å². The van der Waals surface area contributed by atoms with Gasteiger partial charge in [-0.2, -0.15) is 0 Å². The van der Waals surface area contributed by atoms with Crippen LogP contribution in [0.1, 0.15) is 13.8 Å². The average Bonchev–Trinajstić information content (AvgIpc) is 2.17. The van der Waals surface area contributed by atoms with Crippen LogP contribution in [0.3, 0.4) is 0 Å². The lowest BCUT2D eigenvalue weighted by molar-refractivity contribution is -0.118. The SMILES string of the molecule is CC(C)Nc1ccc2c(c1)OCC(=O)N2. The van der Waals surface area contributed by atoms with Gasteiger partial charge in [-0.1, -0.05) is 0 Å². The smallest absolute Gasteiger partial charge is 0.262 e. The third-order valence-electron chi connectivity index (χ3n) is 2.07. The molecule has 15 heavy (non-hydrogen) atoms. The Morgan fingerprint density at radius 3 is 3.00 bits per heavy atom. The number of hydrogen-bond donors (Lipinski definition) is 2. The molecule has 1 amide bonds. The second-order valence-electron chi connectivity index (χ2n) is 3.85. The molecule has 80 valence electrons. The summed E-state index contributed by atoms with van der Waals surface area (Å²) in [5.41, 5.74) is 1.74. The van der Waals surface area contributed by atoms with Gasteiger partial charge in [0.05, 0.1) is 5.69 Å². The summed E-state index contributed by atoms with van der Waals surface area (Å²) in [6, 6.07) is 6.04. The van der Waals surface area contributed by atoms with Gasteiger partial charge in [-0.3, -0.25) is 4.79 Å². The molecule has 0 atom stereocenters. The number of ether oxygens (including phenoxy) is 1. The average molecular weight is 206 g/mol. The second kappa shape index (κ2) is 3.81. The summed E-state index contributed by atoms with van der Waals surface area (Å²) in [4.78, 5) is 11.0. The van der Waals surface area contributed by atoms with Crippen molar-refractivity contribution in [1.29, 1.82) is 0 Å². The van der Waals surface area contributed by atoms with Crippen LogP contribution < -0.4 is 15.4 Å². The van der Waals surface area contributed by atoms with Crippen molar-refractivity contribution in [2.45, 2.75) is 19.9 Å². The second-order valence-corrected chi connectivity index (χ2v) is 3.85. The van der Waals surface area contributed by atoms with Crippen molar-refractivity contribution >= 4 is 17.3 Å². The number of anilines is 2. The molecule has 0 radical (unpaired) electrons. The fraction of sp³-hybridized carbons (Fsp3) is 0.364. The molecule has 1 aliphatic heterocycles. The maximum Gasteiger partial charge on any atom is 0.262 e. The third kappa shape index (κ3) is 2.21. The van der Waals surface area contributed by atoms with Crippen LogP contribution in [0, 0.1) is 0 Å². The van der Waals surface area contributed by atoms with Crippen molar-refractivity contribution in [3.05, 3.63) is 18.2 Å².